The van der Waals surface area contributed by atoms with Gasteiger partial charge in [-0.3, -0.25) is 0 Å². The fraction of sp³-hybridized carbons (Fsp3) is 0.538. The van der Waals surface area contributed by atoms with Crippen molar-refractivity contribution >= 4 is 0 Å². The molecule has 3 heteroatoms. The largest absolute Gasteiger partial charge is 0.325 e. The van der Waals surface area contributed by atoms with Gasteiger partial charge in [0, 0.05) is 5.54 Å². The lowest BCUT2D eigenvalue weighted by Gasteiger charge is -2.17. The van der Waals surface area contributed by atoms with Crippen molar-refractivity contribution in [2.24, 2.45) is 5.73 Å². The van der Waals surface area contributed by atoms with Crippen molar-refractivity contribution in [2.45, 2.75) is 44.3 Å². The SMILES string of the molecule is CC(C)(F)c1ccc(F)c(CC2(N)CC2)c1. The first kappa shape index (κ1) is 11.5. The molecular formula is C13H17F2N. The molecule has 88 valence electrons. The minimum Gasteiger partial charge on any atom is -0.325 e. The molecule has 1 aliphatic carbocycles. The van der Waals surface area contributed by atoms with Crippen molar-refractivity contribution in [1.82, 2.24) is 0 Å². The molecule has 1 aromatic carbocycles. The minimum atomic E-state index is -1.44. The zero-order chi connectivity index (χ0) is 12.0. The highest BCUT2D eigenvalue weighted by atomic mass is 19.1. The minimum absolute atomic E-state index is 0.250. The van der Waals surface area contributed by atoms with Crippen LogP contribution in [0.2, 0.25) is 0 Å². The molecule has 16 heavy (non-hydrogen) atoms. The van der Waals surface area contributed by atoms with E-state index in [4.69, 9.17) is 5.73 Å². The van der Waals surface area contributed by atoms with E-state index in [1.807, 2.05) is 0 Å². The van der Waals surface area contributed by atoms with Gasteiger partial charge >= 0.3 is 0 Å². The van der Waals surface area contributed by atoms with Crippen LogP contribution in [0, 0.1) is 5.82 Å². The second-order valence-electron chi connectivity index (χ2n) is 5.32. The highest BCUT2D eigenvalue weighted by Gasteiger charge is 2.38. The van der Waals surface area contributed by atoms with Crippen LogP contribution in [-0.4, -0.2) is 5.54 Å². The molecule has 2 rings (SSSR count). The number of rotatable bonds is 3. The van der Waals surface area contributed by atoms with Crippen LogP contribution in [0.3, 0.4) is 0 Å². The molecule has 0 saturated heterocycles. The highest BCUT2D eigenvalue weighted by Crippen LogP contribution is 2.37. The van der Waals surface area contributed by atoms with Crippen LogP contribution in [0.15, 0.2) is 18.2 Å². The second kappa shape index (κ2) is 3.52. The molecule has 0 heterocycles. The molecule has 0 unspecified atom stereocenters. The monoisotopic (exact) mass is 225 g/mol. The Balaban J connectivity index is 2.29. The van der Waals surface area contributed by atoms with E-state index in [9.17, 15) is 8.78 Å². The summed E-state index contributed by atoms with van der Waals surface area (Å²) in [5.74, 6) is -0.287. The Kier molecular flexibility index (Phi) is 2.54. The summed E-state index contributed by atoms with van der Waals surface area (Å²) >= 11 is 0. The van der Waals surface area contributed by atoms with Crippen LogP contribution in [0.5, 0.6) is 0 Å². The maximum Gasteiger partial charge on any atom is 0.130 e. The quantitative estimate of drug-likeness (QED) is 0.840. The molecule has 0 spiro atoms. The Morgan fingerprint density at radius 1 is 1.38 bits per heavy atom. The van der Waals surface area contributed by atoms with Crippen molar-refractivity contribution in [3.63, 3.8) is 0 Å². The van der Waals surface area contributed by atoms with E-state index in [1.165, 1.54) is 26.0 Å². The number of halogens is 2. The molecule has 1 fully saturated rings. The van der Waals surface area contributed by atoms with Crippen LogP contribution in [0.25, 0.3) is 0 Å². The van der Waals surface area contributed by atoms with Crippen LogP contribution in [0.4, 0.5) is 8.78 Å². The van der Waals surface area contributed by atoms with Crippen molar-refractivity contribution in [3.05, 3.63) is 35.1 Å². The molecule has 1 nitrogen and oxygen atoms in total. The fourth-order valence-electron chi connectivity index (χ4n) is 1.80. The molecule has 1 aromatic rings. The van der Waals surface area contributed by atoms with Gasteiger partial charge in [-0.2, -0.15) is 0 Å². The summed E-state index contributed by atoms with van der Waals surface area (Å²) in [5, 5.41) is 0. The third kappa shape index (κ3) is 2.40. The molecule has 0 aliphatic heterocycles. The van der Waals surface area contributed by atoms with Gasteiger partial charge in [-0.05, 0) is 56.4 Å². The summed E-state index contributed by atoms with van der Waals surface area (Å²) < 4.78 is 27.3. The lowest BCUT2D eigenvalue weighted by Crippen LogP contribution is -2.25. The van der Waals surface area contributed by atoms with Crippen molar-refractivity contribution < 1.29 is 8.78 Å². The van der Waals surface area contributed by atoms with E-state index in [2.05, 4.69) is 0 Å². The van der Waals surface area contributed by atoms with E-state index in [0.717, 1.165) is 12.8 Å². The van der Waals surface area contributed by atoms with Crippen LogP contribution < -0.4 is 5.73 Å². The Labute approximate surface area is 94.7 Å². The number of nitrogens with two attached hydrogens (primary N) is 1. The van der Waals surface area contributed by atoms with E-state index in [0.29, 0.717) is 17.5 Å². The van der Waals surface area contributed by atoms with E-state index in [-0.39, 0.29) is 11.4 Å². The van der Waals surface area contributed by atoms with E-state index in [1.54, 1.807) is 6.07 Å². The normalized spacial score (nSPS) is 18.6. The summed E-state index contributed by atoms with van der Waals surface area (Å²) in [6.07, 6.45) is 2.36. The predicted octanol–water partition coefficient (Wildman–Crippen LogP) is 3.06. The maximum absolute atomic E-state index is 13.7. The molecule has 1 saturated carbocycles. The van der Waals surface area contributed by atoms with Gasteiger partial charge in [-0.1, -0.05) is 6.07 Å². The van der Waals surface area contributed by atoms with Gasteiger partial charge in [-0.25, -0.2) is 8.78 Å². The van der Waals surface area contributed by atoms with Gasteiger partial charge in [0.15, 0.2) is 0 Å². The van der Waals surface area contributed by atoms with Gasteiger partial charge in [0.1, 0.15) is 11.5 Å². The lowest BCUT2D eigenvalue weighted by atomic mass is 9.95. The topological polar surface area (TPSA) is 26.0 Å². The smallest absolute Gasteiger partial charge is 0.130 e. The number of hydrogen-bond acceptors (Lipinski definition) is 1. The number of benzene rings is 1. The van der Waals surface area contributed by atoms with Gasteiger partial charge in [0.05, 0.1) is 0 Å². The first-order valence-corrected chi connectivity index (χ1v) is 5.57. The van der Waals surface area contributed by atoms with Gasteiger partial charge in [0.25, 0.3) is 0 Å². The molecule has 0 amide bonds. The standard InChI is InChI=1S/C13H17F2N/c1-12(2,15)10-3-4-11(14)9(7-10)8-13(16)5-6-13/h3-4,7H,5-6,8,16H2,1-2H3. The Hall–Kier alpha value is -0.960. The molecule has 0 bridgehead atoms. The summed E-state index contributed by atoms with van der Waals surface area (Å²) in [4.78, 5) is 0. The van der Waals surface area contributed by atoms with Gasteiger partial charge < -0.3 is 5.73 Å². The van der Waals surface area contributed by atoms with E-state index < -0.39 is 5.67 Å². The summed E-state index contributed by atoms with van der Waals surface area (Å²) in [6, 6.07) is 4.43. The highest BCUT2D eigenvalue weighted by molar-refractivity contribution is 5.31. The fourth-order valence-corrected chi connectivity index (χ4v) is 1.80. The lowest BCUT2D eigenvalue weighted by molar-refractivity contribution is 0.221. The van der Waals surface area contributed by atoms with Crippen molar-refractivity contribution in [3.8, 4) is 0 Å². The third-order valence-electron chi connectivity index (χ3n) is 3.17. The maximum atomic E-state index is 13.7. The average molecular weight is 225 g/mol. The average Bonchev–Trinajstić information content (AvgIpc) is 2.86. The Morgan fingerprint density at radius 3 is 2.50 bits per heavy atom. The molecule has 0 aromatic heterocycles. The third-order valence-corrected chi connectivity index (χ3v) is 3.17. The van der Waals surface area contributed by atoms with E-state index >= 15 is 0 Å². The van der Waals surface area contributed by atoms with Crippen LogP contribution in [0.1, 0.15) is 37.8 Å². The van der Waals surface area contributed by atoms with Crippen molar-refractivity contribution in [1.29, 1.82) is 0 Å². The molecular weight excluding hydrogens is 208 g/mol. The number of alkyl halides is 1. The molecule has 0 radical (unpaired) electrons. The molecule has 0 atom stereocenters. The summed E-state index contributed by atoms with van der Waals surface area (Å²) in [5.41, 5.74) is 5.30. The Morgan fingerprint density at radius 2 is 2.00 bits per heavy atom. The Bertz CT molecular complexity index is 403. The van der Waals surface area contributed by atoms with Gasteiger partial charge in [0.2, 0.25) is 0 Å². The van der Waals surface area contributed by atoms with Gasteiger partial charge in [-0.15, -0.1) is 0 Å². The molecule has 2 N–H and O–H groups in total. The van der Waals surface area contributed by atoms with Crippen LogP contribution >= 0.6 is 0 Å². The first-order chi connectivity index (χ1) is 7.30. The number of hydrogen-bond donors (Lipinski definition) is 1. The predicted molar refractivity (Wildman–Crippen MR) is 60.4 cm³/mol. The van der Waals surface area contributed by atoms with Crippen molar-refractivity contribution in [2.75, 3.05) is 0 Å². The molecule has 1 aliphatic rings. The summed E-state index contributed by atoms with van der Waals surface area (Å²) in [7, 11) is 0. The zero-order valence-electron chi connectivity index (χ0n) is 9.69. The zero-order valence-corrected chi connectivity index (χ0v) is 9.69. The summed E-state index contributed by atoms with van der Waals surface area (Å²) in [6.45, 7) is 2.94. The van der Waals surface area contributed by atoms with Crippen LogP contribution in [-0.2, 0) is 12.1 Å². The second-order valence-corrected chi connectivity index (χ2v) is 5.32. The first-order valence-electron chi connectivity index (χ1n) is 5.57.